The van der Waals surface area contributed by atoms with E-state index in [1.807, 2.05) is 30.3 Å². The van der Waals surface area contributed by atoms with Crippen molar-refractivity contribution in [1.29, 1.82) is 0 Å². The van der Waals surface area contributed by atoms with Crippen molar-refractivity contribution < 1.29 is 29.0 Å². The molecule has 2 aromatic rings. The number of hydrogen-bond donors (Lipinski definition) is 1. The highest BCUT2D eigenvalue weighted by Crippen LogP contribution is 2.09. The number of nitrogens with two attached hydrogens (primary N) is 1. The lowest BCUT2D eigenvalue weighted by molar-refractivity contribution is -0.371. The summed E-state index contributed by atoms with van der Waals surface area (Å²) in [5.41, 5.74) is 6.48. The third-order valence-corrected chi connectivity index (χ3v) is 3.41. The summed E-state index contributed by atoms with van der Waals surface area (Å²) >= 11 is 0. The van der Waals surface area contributed by atoms with Crippen LogP contribution in [0.5, 0.6) is 0 Å². The molecular weight excluding hydrogens is 329 g/mol. The number of nitrogens with one attached hydrogen (secondary N) is 1. The zero-order valence-electron chi connectivity index (χ0n) is 7.11. The molecule has 0 amide bonds. The molecule has 0 aliphatic heterocycles. The van der Waals surface area contributed by atoms with Gasteiger partial charge in [0.05, 0.1) is 0 Å². The summed E-state index contributed by atoms with van der Waals surface area (Å²) < 4.78 is 0. The molecule has 2 rings (SSSR count). The number of hydrogen-bond acceptors (Lipinski definition) is 4. The van der Waals surface area contributed by atoms with Gasteiger partial charge in [0, 0.05) is 0 Å². The maximum Gasteiger partial charge on any atom is 0.330 e. The first-order valence-corrected chi connectivity index (χ1v) is 5.87. The number of aromatic nitrogens is 1. The van der Waals surface area contributed by atoms with Crippen molar-refractivity contribution in [2.45, 2.75) is 0 Å². The minimum Gasteiger partial charge on any atom is -1.00 e. The molecule has 0 aliphatic rings. The molecular formula is C8H8IN3S2. The summed E-state index contributed by atoms with van der Waals surface area (Å²) in [6, 6.07) is 9.79. The number of halogens is 1. The van der Waals surface area contributed by atoms with Crippen molar-refractivity contribution in [3.05, 3.63) is 35.1 Å². The van der Waals surface area contributed by atoms with E-state index in [9.17, 15) is 0 Å². The van der Waals surface area contributed by atoms with Gasteiger partial charge in [0.1, 0.15) is 5.69 Å². The van der Waals surface area contributed by atoms with Crippen LogP contribution in [-0.4, -0.2) is 0 Å². The molecule has 0 saturated carbocycles. The van der Waals surface area contributed by atoms with Gasteiger partial charge in [-0.25, -0.2) is 4.98 Å². The average Bonchev–Trinajstić information content (AvgIpc) is 2.53. The third kappa shape index (κ3) is 3.03. The maximum absolute atomic E-state index is 5.55. The molecule has 6 heteroatoms. The van der Waals surface area contributed by atoms with Gasteiger partial charge < -0.3 is 29.7 Å². The second-order valence-corrected chi connectivity index (χ2v) is 4.57. The van der Waals surface area contributed by atoms with Crippen molar-refractivity contribution in [2.75, 3.05) is 5.73 Å². The summed E-state index contributed by atoms with van der Waals surface area (Å²) in [4.78, 5) is 8.17. The summed E-state index contributed by atoms with van der Waals surface area (Å²) in [5, 5.41) is 0.694. The number of aromatic amines is 1. The van der Waals surface area contributed by atoms with Crippen molar-refractivity contribution in [1.82, 2.24) is 0 Å². The molecule has 1 aromatic carbocycles. The van der Waals surface area contributed by atoms with Gasteiger partial charge in [-0.3, -0.25) is 0 Å². The van der Waals surface area contributed by atoms with Gasteiger partial charge in [-0.05, 0) is 32.8 Å². The lowest BCUT2D eigenvalue weighted by atomic mass is 10.3. The lowest BCUT2D eigenvalue weighted by Crippen LogP contribution is -3.00. The number of nitrogen functional groups attached to an aromatic ring is 1. The van der Waals surface area contributed by atoms with Crippen LogP contribution in [0.1, 0.15) is 0 Å². The van der Waals surface area contributed by atoms with Crippen LogP contribution in [0, 0.1) is 0 Å². The molecule has 0 fully saturated rings. The van der Waals surface area contributed by atoms with E-state index in [1.54, 1.807) is 0 Å². The minimum absolute atomic E-state index is 0. The van der Waals surface area contributed by atoms with Crippen LogP contribution >= 0.6 is 20.7 Å². The SMILES string of the molecule is Nc1[nH+]c(=Nc2ccccc2)ss1.[I-]. The van der Waals surface area contributed by atoms with Crippen LogP contribution in [0.15, 0.2) is 35.3 Å². The molecule has 3 N–H and O–H groups in total. The van der Waals surface area contributed by atoms with Gasteiger partial charge >= 0.3 is 4.80 Å². The van der Waals surface area contributed by atoms with Crippen molar-refractivity contribution in [3.8, 4) is 0 Å². The highest BCUT2D eigenvalue weighted by molar-refractivity contribution is 7.69. The zero-order chi connectivity index (χ0) is 9.10. The number of benzene rings is 1. The van der Waals surface area contributed by atoms with Crippen molar-refractivity contribution >= 4 is 31.5 Å². The molecule has 0 unspecified atom stereocenters. The smallest absolute Gasteiger partial charge is 0.330 e. The Bertz CT molecular complexity index is 449. The summed E-state index contributed by atoms with van der Waals surface area (Å²) in [6.45, 7) is 0. The Morgan fingerprint density at radius 3 is 2.43 bits per heavy atom. The Kier molecular flexibility index (Phi) is 4.49. The van der Waals surface area contributed by atoms with Crippen LogP contribution in [0.2, 0.25) is 0 Å². The number of nitrogens with zero attached hydrogens (tertiary/aromatic N) is 1. The first-order valence-electron chi connectivity index (χ1n) is 3.72. The molecule has 74 valence electrons. The van der Waals surface area contributed by atoms with E-state index in [0.29, 0.717) is 5.13 Å². The second-order valence-electron chi connectivity index (χ2n) is 2.41. The molecule has 0 bridgehead atoms. The Balaban J connectivity index is 0.000000980. The fraction of sp³-hybridized carbons (Fsp3) is 0. The molecule has 0 saturated heterocycles. The predicted octanol–water partition coefficient (Wildman–Crippen LogP) is -1.56. The number of rotatable bonds is 1. The minimum atomic E-state index is 0. The predicted molar refractivity (Wildman–Crippen MR) is 54.8 cm³/mol. The van der Waals surface area contributed by atoms with E-state index < -0.39 is 0 Å². The number of H-pyrrole nitrogens is 1. The fourth-order valence-electron chi connectivity index (χ4n) is 0.898. The van der Waals surface area contributed by atoms with E-state index in [1.165, 1.54) is 20.7 Å². The normalized spacial score (nSPS) is 11.0. The van der Waals surface area contributed by atoms with Crippen molar-refractivity contribution in [2.24, 2.45) is 4.99 Å². The van der Waals surface area contributed by atoms with Gasteiger partial charge in [-0.1, -0.05) is 23.2 Å². The van der Waals surface area contributed by atoms with Crippen molar-refractivity contribution in [3.63, 3.8) is 0 Å². The Hall–Kier alpha value is -0.470. The summed E-state index contributed by atoms with van der Waals surface area (Å²) in [5.74, 6) is 0. The zero-order valence-corrected chi connectivity index (χ0v) is 10.9. The van der Waals surface area contributed by atoms with Crippen LogP contribution in [-0.2, 0) is 0 Å². The Morgan fingerprint density at radius 1 is 1.14 bits per heavy atom. The average molecular weight is 337 g/mol. The number of anilines is 1. The lowest BCUT2D eigenvalue weighted by Gasteiger charge is -1.81. The summed E-state index contributed by atoms with van der Waals surface area (Å²) in [6.07, 6.45) is 0. The van der Waals surface area contributed by atoms with Gasteiger partial charge in [0.2, 0.25) is 0 Å². The quantitative estimate of drug-likeness (QED) is 0.497. The standard InChI is InChI=1S/C8H7N3S2.HI/c9-7-11-8(13-12-7)10-6-4-2-1-3-5-6;/h1-5H,(H2,9,10,11);1H. The topological polar surface area (TPSA) is 52.5 Å². The van der Waals surface area contributed by atoms with Gasteiger partial charge in [0.25, 0.3) is 5.13 Å². The van der Waals surface area contributed by atoms with E-state index >= 15 is 0 Å². The first kappa shape index (κ1) is 11.6. The molecule has 1 heterocycles. The van der Waals surface area contributed by atoms with E-state index in [2.05, 4.69) is 9.98 Å². The van der Waals surface area contributed by atoms with E-state index in [-0.39, 0.29) is 24.0 Å². The van der Waals surface area contributed by atoms with Crippen LogP contribution in [0.25, 0.3) is 0 Å². The van der Waals surface area contributed by atoms with Gasteiger partial charge in [0.15, 0.2) is 0 Å². The van der Waals surface area contributed by atoms with E-state index in [0.717, 1.165) is 10.5 Å². The second kappa shape index (κ2) is 5.42. The maximum atomic E-state index is 5.55. The van der Waals surface area contributed by atoms with Gasteiger partial charge in [-0.2, -0.15) is 0 Å². The molecule has 0 spiro atoms. The molecule has 14 heavy (non-hydrogen) atoms. The van der Waals surface area contributed by atoms with Crippen LogP contribution in [0.3, 0.4) is 0 Å². The molecule has 3 nitrogen and oxygen atoms in total. The largest absolute Gasteiger partial charge is 1.00 e. The Labute approximate surface area is 106 Å². The van der Waals surface area contributed by atoms with Gasteiger partial charge in [-0.15, -0.1) is 0 Å². The monoisotopic (exact) mass is 337 g/mol. The Morgan fingerprint density at radius 2 is 1.86 bits per heavy atom. The molecule has 0 aliphatic carbocycles. The van der Waals surface area contributed by atoms with Crippen LogP contribution < -0.4 is 39.5 Å². The molecule has 1 aromatic heterocycles. The fourth-order valence-corrected chi connectivity index (χ4v) is 2.43. The first-order chi connectivity index (χ1) is 6.34. The highest BCUT2D eigenvalue weighted by atomic mass is 127. The third-order valence-electron chi connectivity index (χ3n) is 1.43. The number of para-hydroxylation sites is 1. The highest BCUT2D eigenvalue weighted by Gasteiger charge is 1.98. The summed E-state index contributed by atoms with van der Waals surface area (Å²) in [7, 11) is 3.03. The molecule has 0 radical (unpaired) electrons. The van der Waals surface area contributed by atoms with E-state index in [4.69, 9.17) is 5.73 Å². The molecule has 0 atom stereocenters. The van der Waals surface area contributed by atoms with Crippen LogP contribution in [0.4, 0.5) is 10.8 Å².